The van der Waals surface area contributed by atoms with Gasteiger partial charge in [0.05, 0.1) is 24.5 Å². The molecular weight excluding hydrogens is 352 g/mol. The lowest BCUT2D eigenvalue weighted by Gasteiger charge is -2.25. The predicted octanol–water partition coefficient (Wildman–Crippen LogP) is 1.81. The average molecular weight is 370 g/mol. The first-order chi connectivity index (χ1) is 12.8. The topological polar surface area (TPSA) is 85.2 Å². The van der Waals surface area contributed by atoms with E-state index in [1.807, 2.05) is 11.4 Å². The smallest absolute Gasteiger partial charge is 0.259 e. The number of carbonyl (C=O) groups is 1. The molecule has 1 aliphatic heterocycles. The van der Waals surface area contributed by atoms with Gasteiger partial charge in [0.15, 0.2) is 10.9 Å². The van der Waals surface area contributed by atoms with E-state index in [1.165, 1.54) is 17.5 Å². The van der Waals surface area contributed by atoms with Crippen LogP contribution in [0.5, 0.6) is 0 Å². The molecule has 9 heteroatoms. The summed E-state index contributed by atoms with van der Waals surface area (Å²) in [6.45, 7) is 4.11. The van der Waals surface area contributed by atoms with E-state index >= 15 is 0 Å². The lowest BCUT2D eigenvalue weighted by molar-refractivity contribution is 0.0337. The summed E-state index contributed by atoms with van der Waals surface area (Å²) in [7, 11) is 0. The molecule has 0 unspecified atom stereocenters. The van der Waals surface area contributed by atoms with Crippen LogP contribution >= 0.6 is 11.3 Å². The van der Waals surface area contributed by atoms with Crippen molar-refractivity contribution in [1.29, 1.82) is 0 Å². The van der Waals surface area contributed by atoms with Gasteiger partial charge in [-0.05, 0) is 18.2 Å². The zero-order valence-corrected chi connectivity index (χ0v) is 14.9. The summed E-state index contributed by atoms with van der Waals surface area (Å²) in [5.74, 6) is 0.436. The van der Waals surface area contributed by atoms with Gasteiger partial charge in [0, 0.05) is 43.6 Å². The normalized spacial score (nSPS) is 15.1. The fourth-order valence-corrected chi connectivity index (χ4v) is 3.35. The molecule has 0 radical (unpaired) electrons. The molecule has 1 N–H and O–H groups in total. The summed E-state index contributed by atoms with van der Waals surface area (Å²) < 4.78 is 6.99. The van der Waals surface area contributed by atoms with E-state index in [2.05, 4.69) is 25.3 Å². The van der Waals surface area contributed by atoms with E-state index in [9.17, 15) is 4.79 Å². The van der Waals surface area contributed by atoms with E-state index in [0.29, 0.717) is 16.5 Å². The number of pyridine rings is 1. The molecule has 0 atom stereocenters. The zero-order valence-electron chi connectivity index (χ0n) is 14.0. The van der Waals surface area contributed by atoms with Crippen LogP contribution in [0.3, 0.4) is 0 Å². The molecule has 0 bridgehead atoms. The van der Waals surface area contributed by atoms with E-state index in [1.54, 1.807) is 29.2 Å². The Kier molecular flexibility index (Phi) is 5.00. The second kappa shape index (κ2) is 7.73. The Morgan fingerprint density at radius 3 is 2.92 bits per heavy atom. The van der Waals surface area contributed by atoms with Gasteiger partial charge < -0.3 is 4.74 Å². The average Bonchev–Trinajstić information content (AvgIpc) is 3.35. The van der Waals surface area contributed by atoms with Crippen LogP contribution in [0.2, 0.25) is 0 Å². The number of rotatable bonds is 5. The second-order valence-corrected chi connectivity index (χ2v) is 6.70. The Bertz CT molecular complexity index is 856. The lowest BCUT2D eigenvalue weighted by atomic mass is 10.2. The first-order valence-electron chi connectivity index (χ1n) is 8.30. The molecule has 3 aromatic heterocycles. The van der Waals surface area contributed by atoms with E-state index in [0.717, 1.165) is 38.5 Å². The van der Waals surface area contributed by atoms with Gasteiger partial charge >= 0.3 is 0 Å². The highest BCUT2D eigenvalue weighted by atomic mass is 32.1. The Hall–Kier alpha value is -2.62. The van der Waals surface area contributed by atoms with Crippen molar-refractivity contribution < 1.29 is 9.53 Å². The first kappa shape index (κ1) is 16.8. The van der Waals surface area contributed by atoms with Gasteiger partial charge in [-0.2, -0.15) is 5.10 Å². The van der Waals surface area contributed by atoms with Crippen molar-refractivity contribution >= 4 is 22.4 Å². The highest BCUT2D eigenvalue weighted by Gasteiger charge is 2.14. The quantitative estimate of drug-likeness (QED) is 0.737. The molecule has 1 saturated heterocycles. The number of ether oxygens (including phenoxy) is 1. The van der Waals surface area contributed by atoms with Crippen molar-refractivity contribution in [3.63, 3.8) is 0 Å². The minimum absolute atomic E-state index is 0.225. The number of morpholine rings is 1. The minimum atomic E-state index is -0.225. The summed E-state index contributed by atoms with van der Waals surface area (Å²) in [5.41, 5.74) is 1.44. The summed E-state index contributed by atoms with van der Waals surface area (Å²) in [6.07, 6.45) is 5.02. The van der Waals surface area contributed by atoms with Gasteiger partial charge in [-0.15, -0.1) is 11.3 Å². The first-order valence-corrected chi connectivity index (χ1v) is 9.18. The zero-order chi connectivity index (χ0) is 17.8. The number of anilines is 1. The number of hydrogen-bond donors (Lipinski definition) is 1. The molecule has 0 aliphatic carbocycles. The molecule has 26 heavy (non-hydrogen) atoms. The number of carbonyl (C=O) groups excluding carboxylic acids is 1. The van der Waals surface area contributed by atoms with Crippen LogP contribution in [-0.2, 0) is 11.3 Å². The summed E-state index contributed by atoms with van der Waals surface area (Å²) in [5, 5.41) is 9.51. The standard InChI is InChI=1S/C17H18N6O2S/c24-16(13-2-3-15(18-10-13)23-5-1-4-19-23)21-17-20-14(12-26-17)11-22-6-8-25-9-7-22/h1-5,10,12H,6-9,11H2,(H,20,21,24). The fourth-order valence-electron chi connectivity index (χ4n) is 2.65. The van der Waals surface area contributed by atoms with Crippen LogP contribution in [0.25, 0.3) is 5.82 Å². The maximum atomic E-state index is 12.4. The molecule has 0 aromatic carbocycles. The number of aromatic nitrogens is 4. The lowest BCUT2D eigenvalue weighted by Crippen LogP contribution is -2.35. The third-order valence-corrected chi connectivity index (χ3v) is 4.82. The van der Waals surface area contributed by atoms with Gasteiger partial charge in [-0.25, -0.2) is 14.6 Å². The molecule has 134 valence electrons. The van der Waals surface area contributed by atoms with Gasteiger partial charge in [-0.1, -0.05) is 0 Å². The van der Waals surface area contributed by atoms with Crippen molar-refractivity contribution in [1.82, 2.24) is 24.6 Å². The van der Waals surface area contributed by atoms with E-state index < -0.39 is 0 Å². The molecule has 4 rings (SSSR count). The van der Waals surface area contributed by atoms with Crippen molar-refractivity contribution in [2.75, 3.05) is 31.6 Å². The van der Waals surface area contributed by atoms with Crippen molar-refractivity contribution in [2.24, 2.45) is 0 Å². The Morgan fingerprint density at radius 1 is 1.31 bits per heavy atom. The molecule has 0 saturated carbocycles. The molecule has 1 amide bonds. The molecule has 8 nitrogen and oxygen atoms in total. The van der Waals surface area contributed by atoms with Crippen LogP contribution in [0.4, 0.5) is 5.13 Å². The molecule has 1 fully saturated rings. The number of hydrogen-bond acceptors (Lipinski definition) is 7. The van der Waals surface area contributed by atoms with Crippen molar-refractivity contribution in [3.05, 3.63) is 53.4 Å². The van der Waals surface area contributed by atoms with Crippen LogP contribution in [0.15, 0.2) is 42.2 Å². The van der Waals surface area contributed by atoms with Crippen LogP contribution < -0.4 is 5.32 Å². The third kappa shape index (κ3) is 3.96. The predicted molar refractivity (Wildman–Crippen MR) is 97.5 cm³/mol. The Balaban J connectivity index is 1.37. The summed E-state index contributed by atoms with van der Waals surface area (Å²) in [4.78, 5) is 23.4. The van der Waals surface area contributed by atoms with Crippen LogP contribution in [-0.4, -0.2) is 56.9 Å². The molecule has 4 heterocycles. The van der Waals surface area contributed by atoms with E-state index in [4.69, 9.17) is 4.74 Å². The molecule has 1 aliphatic rings. The maximum Gasteiger partial charge on any atom is 0.259 e. The number of thiazole rings is 1. The third-order valence-electron chi connectivity index (χ3n) is 4.01. The second-order valence-electron chi connectivity index (χ2n) is 5.84. The van der Waals surface area contributed by atoms with Crippen LogP contribution in [0, 0.1) is 0 Å². The summed E-state index contributed by atoms with van der Waals surface area (Å²) in [6, 6.07) is 5.30. The van der Waals surface area contributed by atoms with Gasteiger partial charge in [0.25, 0.3) is 5.91 Å². The van der Waals surface area contributed by atoms with Gasteiger partial charge in [0.1, 0.15) is 0 Å². The molecule has 0 spiro atoms. The minimum Gasteiger partial charge on any atom is -0.379 e. The number of amides is 1. The largest absolute Gasteiger partial charge is 0.379 e. The van der Waals surface area contributed by atoms with Crippen LogP contribution in [0.1, 0.15) is 16.1 Å². The van der Waals surface area contributed by atoms with Crippen molar-refractivity contribution in [2.45, 2.75) is 6.54 Å². The van der Waals surface area contributed by atoms with Gasteiger partial charge in [0.2, 0.25) is 0 Å². The highest BCUT2D eigenvalue weighted by molar-refractivity contribution is 7.13. The monoisotopic (exact) mass is 370 g/mol. The number of nitrogens with one attached hydrogen (secondary N) is 1. The maximum absolute atomic E-state index is 12.4. The number of nitrogens with zero attached hydrogens (tertiary/aromatic N) is 5. The summed E-state index contributed by atoms with van der Waals surface area (Å²) >= 11 is 1.43. The fraction of sp³-hybridized carbons (Fsp3) is 0.294. The SMILES string of the molecule is O=C(Nc1nc(CN2CCOCC2)cs1)c1ccc(-n2cccn2)nc1. The Labute approximate surface area is 154 Å². The molecular formula is C17H18N6O2S. The molecule has 3 aromatic rings. The van der Waals surface area contributed by atoms with E-state index in [-0.39, 0.29) is 5.91 Å². The Morgan fingerprint density at radius 2 is 2.19 bits per heavy atom. The highest BCUT2D eigenvalue weighted by Crippen LogP contribution is 2.18. The van der Waals surface area contributed by atoms with Gasteiger partial charge in [-0.3, -0.25) is 15.0 Å². The van der Waals surface area contributed by atoms with Crippen molar-refractivity contribution in [3.8, 4) is 5.82 Å².